The Balaban J connectivity index is 2.26. The number of esters is 1. The number of nitrogens with one attached hydrogen (secondary N) is 1. The third-order valence-electron chi connectivity index (χ3n) is 2.88. The van der Waals surface area contributed by atoms with Crippen LogP contribution in [0.4, 0.5) is 5.69 Å². The molecule has 0 saturated carbocycles. The minimum Gasteiger partial charge on any atom is -0.506 e. The monoisotopic (exact) mass is 399 g/mol. The van der Waals surface area contributed by atoms with E-state index < -0.39 is 16.0 Å². The van der Waals surface area contributed by atoms with Crippen LogP contribution in [-0.2, 0) is 14.8 Å². The quantitative estimate of drug-likeness (QED) is 0.594. The number of aromatic hydroxyl groups is 1. The standard InChI is InChI=1S/C15H14BrNO5S/c1-2-22-15(19)10-3-6-12(7-4-10)23(20,21)17-13-9-11(16)5-8-14(13)18/h3-9,17-18H,2H2,1H3. The fourth-order valence-corrected chi connectivity index (χ4v) is 3.20. The molecule has 2 aromatic carbocycles. The first-order valence-corrected chi connectivity index (χ1v) is 8.89. The molecule has 0 fully saturated rings. The van der Waals surface area contributed by atoms with Crippen LogP contribution >= 0.6 is 15.9 Å². The summed E-state index contributed by atoms with van der Waals surface area (Å²) in [5, 5.41) is 9.71. The lowest BCUT2D eigenvalue weighted by Gasteiger charge is -2.10. The minimum atomic E-state index is -3.89. The second kappa shape index (κ2) is 7.01. The lowest BCUT2D eigenvalue weighted by molar-refractivity contribution is 0.0526. The number of halogens is 1. The molecule has 8 heteroatoms. The molecule has 2 aromatic rings. The zero-order valence-electron chi connectivity index (χ0n) is 12.1. The molecular formula is C15H14BrNO5S. The van der Waals surface area contributed by atoms with Crippen molar-refractivity contribution >= 4 is 37.6 Å². The van der Waals surface area contributed by atoms with Crippen molar-refractivity contribution in [3.63, 3.8) is 0 Å². The summed E-state index contributed by atoms with van der Waals surface area (Å²) in [6.07, 6.45) is 0. The van der Waals surface area contributed by atoms with Crippen molar-refractivity contribution in [3.8, 4) is 5.75 Å². The van der Waals surface area contributed by atoms with E-state index in [1.165, 1.54) is 36.4 Å². The van der Waals surface area contributed by atoms with E-state index in [2.05, 4.69) is 20.7 Å². The van der Waals surface area contributed by atoms with Crippen molar-refractivity contribution in [2.75, 3.05) is 11.3 Å². The lowest BCUT2D eigenvalue weighted by Crippen LogP contribution is -2.13. The summed E-state index contributed by atoms with van der Waals surface area (Å²) < 4.78 is 32.4. The number of anilines is 1. The Hall–Kier alpha value is -2.06. The molecule has 0 aliphatic heterocycles. The topological polar surface area (TPSA) is 92.7 Å². The normalized spacial score (nSPS) is 11.0. The molecule has 0 bridgehead atoms. The fraction of sp³-hybridized carbons (Fsp3) is 0.133. The fourth-order valence-electron chi connectivity index (χ4n) is 1.78. The number of hydrogen-bond acceptors (Lipinski definition) is 5. The Morgan fingerprint density at radius 2 is 1.87 bits per heavy atom. The van der Waals surface area contributed by atoms with Gasteiger partial charge in [-0.2, -0.15) is 0 Å². The van der Waals surface area contributed by atoms with Crippen molar-refractivity contribution in [1.29, 1.82) is 0 Å². The van der Waals surface area contributed by atoms with Crippen LogP contribution in [0.5, 0.6) is 5.75 Å². The van der Waals surface area contributed by atoms with Crippen LogP contribution in [0, 0.1) is 0 Å². The molecular weight excluding hydrogens is 386 g/mol. The Kier molecular flexibility index (Phi) is 5.27. The highest BCUT2D eigenvalue weighted by Crippen LogP contribution is 2.29. The van der Waals surface area contributed by atoms with Gasteiger partial charge in [0.1, 0.15) is 5.75 Å². The zero-order chi connectivity index (χ0) is 17.0. The van der Waals surface area contributed by atoms with Gasteiger partial charge in [0.2, 0.25) is 0 Å². The predicted molar refractivity (Wildman–Crippen MR) is 89.0 cm³/mol. The molecule has 0 saturated heterocycles. The van der Waals surface area contributed by atoms with Crippen molar-refractivity contribution in [2.45, 2.75) is 11.8 Å². The molecule has 122 valence electrons. The van der Waals surface area contributed by atoms with E-state index in [1.54, 1.807) is 13.0 Å². The third kappa shape index (κ3) is 4.23. The molecule has 0 heterocycles. The maximum atomic E-state index is 12.3. The number of sulfonamides is 1. The molecule has 2 rings (SSSR count). The summed E-state index contributed by atoms with van der Waals surface area (Å²) in [5.41, 5.74) is 0.310. The van der Waals surface area contributed by atoms with Gasteiger partial charge in [0.25, 0.3) is 10.0 Å². The first-order valence-electron chi connectivity index (χ1n) is 6.62. The Labute approximate surface area is 142 Å². The van der Waals surface area contributed by atoms with E-state index in [4.69, 9.17) is 4.74 Å². The molecule has 0 aliphatic carbocycles. The average molecular weight is 400 g/mol. The largest absolute Gasteiger partial charge is 0.506 e. The summed E-state index contributed by atoms with van der Waals surface area (Å²) in [7, 11) is -3.89. The molecule has 0 radical (unpaired) electrons. The molecule has 0 spiro atoms. The molecule has 0 aromatic heterocycles. The highest BCUT2D eigenvalue weighted by atomic mass is 79.9. The van der Waals surface area contributed by atoms with E-state index in [0.29, 0.717) is 4.47 Å². The summed E-state index contributed by atoms with van der Waals surface area (Å²) in [4.78, 5) is 11.5. The Bertz CT molecular complexity index is 818. The van der Waals surface area contributed by atoms with Crippen LogP contribution in [0.15, 0.2) is 51.8 Å². The Morgan fingerprint density at radius 1 is 1.22 bits per heavy atom. The van der Waals surface area contributed by atoms with E-state index in [-0.39, 0.29) is 28.5 Å². The molecule has 0 unspecified atom stereocenters. The summed E-state index contributed by atoms with van der Waals surface area (Å²) >= 11 is 3.20. The molecule has 0 aliphatic rings. The zero-order valence-corrected chi connectivity index (χ0v) is 14.5. The smallest absolute Gasteiger partial charge is 0.338 e. The number of phenols is 1. The summed E-state index contributed by atoms with van der Waals surface area (Å²) in [5.74, 6) is -0.714. The van der Waals surface area contributed by atoms with Crippen molar-refractivity contribution in [2.24, 2.45) is 0 Å². The predicted octanol–water partition coefficient (Wildman–Crippen LogP) is 3.13. The highest BCUT2D eigenvalue weighted by Gasteiger charge is 2.17. The summed E-state index contributed by atoms with van der Waals surface area (Å²) in [6.45, 7) is 1.92. The van der Waals surface area contributed by atoms with Gasteiger partial charge in [-0.1, -0.05) is 15.9 Å². The van der Waals surface area contributed by atoms with Gasteiger partial charge < -0.3 is 9.84 Å². The lowest BCUT2D eigenvalue weighted by atomic mass is 10.2. The number of rotatable bonds is 5. The van der Waals surface area contributed by atoms with Crippen LogP contribution in [0.2, 0.25) is 0 Å². The highest BCUT2D eigenvalue weighted by molar-refractivity contribution is 9.10. The van der Waals surface area contributed by atoms with E-state index in [1.807, 2.05) is 0 Å². The average Bonchev–Trinajstić information content (AvgIpc) is 2.51. The number of ether oxygens (including phenoxy) is 1. The van der Waals surface area contributed by atoms with Crippen LogP contribution in [0.1, 0.15) is 17.3 Å². The van der Waals surface area contributed by atoms with Crippen LogP contribution in [-0.4, -0.2) is 26.1 Å². The van der Waals surface area contributed by atoms with E-state index in [9.17, 15) is 18.3 Å². The number of hydrogen-bond donors (Lipinski definition) is 2. The second-order valence-corrected chi connectivity index (χ2v) is 7.11. The molecule has 6 nitrogen and oxygen atoms in total. The maximum Gasteiger partial charge on any atom is 0.338 e. The van der Waals surface area contributed by atoms with Crippen LogP contribution in [0.3, 0.4) is 0 Å². The van der Waals surface area contributed by atoms with Gasteiger partial charge in [-0.05, 0) is 49.4 Å². The Morgan fingerprint density at radius 3 is 2.48 bits per heavy atom. The SMILES string of the molecule is CCOC(=O)c1ccc(S(=O)(=O)Nc2cc(Br)ccc2O)cc1. The third-order valence-corrected chi connectivity index (χ3v) is 4.75. The van der Waals surface area contributed by atoms with Gasteiger partial charge in [0.05, 0.1) is 22.8 Å². The first kappa shape index (κ1) is 17.3. The number of phenolic OH excluding ortho intramolecular Hbond substituents is 1. The van der Waals surface area contributed by atoms with Gasteiger partial charge in [0.15, 0.2) is 0 Å². The number of carbonyl (C=O) groups excluding carboxylic acids is 1. The van der Waals surface area contributed by atoms with Crippen LogP contribution < -0.4 is 4.72 Å². The molecule has 0 amide bonds. The first-order chi connectivity index (χ1) is 10.8. The van der Waals surface area contributed by atoms with Gasteiger partial charge in [-0.25, -0.2) is 13.2 Å². The van der Waals surface area contributed by atoms with Crippen molar-refractivity contribution in [3.05, 3.63) is 52.5 Å². The second-order valence-electron chi connectivity index (χ2n) is 4.51. The van der Waals surface area contributed by atoms with Crippen molar-refractivity contribution < 1.29 is 23.1 Å². The van der Waals surface area contributed by atoms with Gasteiger partial charge >= 0.3 is 5.97 Å². The van der Waals surface area contributed by atoms with E-state index >= 15 is 0 Å². The minimum absolute atomic E-state index is 0.0371. The van der Waals surface area contributed by atoms with Gasteiger partial charge in [-0.3, -0.25) is 4.72 Å². The molecule has 2 N–H and O–H groups in total. The van der Waals surface area contributed by atoms with Gasteiger partial charge in [-0.15, -0.1) is 0 Å². The van der Waals surface area contributed by atoms with Crippen molar-refractivity contribution in [1.82, 2.24) is 0 Å². The summed E-state index contributed by atoms with van der Waals surface area (Å²) in [6, 6.07) is 9.72. The van der Waals surface area contributed by atoms with Gasteiger partial charge in [0, 0.05) is 4.47 Å². The van der Waals surface area contributed by atoms with Crippen LogP contribution in [0.25, 0.3) is 0 Å². The molecule has 23 heavy (non-hydrogen) atoms. The maximum absolute atomic E-state index is 12.3. The van der Waals surface area contributed by atoms with E-state index in [0.717, 1.165) is 0 Å². The number of benzene rings is 2. The molecule has 0 atom stereocenters. The number of carbonyl (C=O) groups is 1.